The molecule has 0 aliphatic heterocycles. The first-order valence-corrected chi connectivity index (χ1v) is 7.68. The summed E-state index contributed by atoms with van der Waals surface area (Å²) in [7, 11) is 0. The lowest BCUT2D eigenvalue weighted by molar-refractivity contribution is 0.687. The number of halogens is 2. The van der Waals surface area contributed by atoms with Gasteiger partial charge in [-0.05, 0) is 59.8 Å². The number of fused-ring (bicyclic) bond motifs is 1. The molecule has 0 aliphatic carbocycles. The quantitative estimate of drug-likeness (QED) is 0.649. The highest BCUT2D eigenvalue weighted by Crippen LogP contribution is 2.21. The fourth-order valence-corrected chi connectivity index (χ4v) is 2.90. The molecule has 0 saturated carbocycles. The molecule has 0 atom stereocenters. The lowest BCUT2D eigenvalue weighted by Gasteiger charge is -2.07. The zero-order chi connectivity index (χ0) is 14.7. The molecule has 0 radical (unpaired) electrons. The number of benzene rings is 2. The second-order valence-electron chi connectivity index (χ2n) is 5.06. The highest BCUT2D eigenvalue weighted by atomic mass is 35.5. The molecule has 0 bridgehead atoms. The van der Waals surface area contributed by atoms with E-state index < -0.39 is 0 Å². The summed E-state index contributed by atoms with van der Waals surface area (Å²) in [6, 6.07) is 14.2. The van der Waals surface area contributed by atoms with E-state index in [0.717, 1.165) is 30.1 Å². The summed E-state index contributed by atoms with van der Waals surface area (Å²) >= 11 is 12.1. The number of hydrogen-bond donors (Lipinski definition) is 2. The van der Waals surface area contributed by atoms with Gasteiger partial charge in [0.2, 0.25) is 0 Å². The molecule has 3 aromatic rings. The normalized spacial score (nSPS) is 11.1. The molecule has 0 spiro atoms. The Balaban J connectivity index is 1.53. The van der Waals surface area contributed by atoms with E-state index in [2.05, 4.69) is 34.6 Å². The summed E-state index contributed by atoms with van der Waals surface area (Å²) in [5.41, 5.74) is 3.57. The van der Waals surface area contributed by atoms with Gasteiger partial charge in [0.1, 0.15) is 0 Å². The Hall–Kier alpha value is -1.48. The van der Waals surface area contributed by atoms with E-state index in [-0.39, 0.29) is 0 Å². The Morgan fingerprint density at radius 1 is 1.00 bits per heavy atom. The zero-order valence-corrected chi connectivity index (χ0v) is 13.0. The highest BCUT2D eigenvalue weighted by Gasteiger charge is 2.01. The van der Waals surface area contributed by atoms with E-state index in [0.29, 0.717) is 5.02 Å². The van der Waals surface area contributed by atoms with Crippen LogP contribution in [-0.2, 0) is 13.0 Å². The van der Waals surface area contributed by atoms with Crippen LogP contribution in [0.5, 0.6) is 0 Å². The molecule has 1 aromatic heterocycles. The summed E-state index contributed by atoms with van der Waals surface area (Å²) in [5.74, 6) is 0. The van der Waals surface area contributed by atoms with E-state index in [4.69, 9.17) is 23.2 Å². The van der Waals surface area contributed by atoms with Crippen molar-refractivity contribution in [2.24, 2.45) is 0 Å². The minimum Gasteiger partial charge on any atom is -0.361 e. The molecular formula is C17H16Cl2N2. The minimum absolute atomic E-state index is 0.677. The Morgan fingerprint density at radius 3 is 2.76 bits per heavy atom. The highest BCUT2D eigenvalue weighted by molar-refractivity contribution is 6.35. The molecule has 21 heavy (non-hydrogen) atoms. The predicted octanol–water partition coefficient (Wildman–Crippen LogP) is 4.81. The molecule has 4 heteroatoms. The number of rotatable bonds is 5. The lowest BCUT2D eigenvalue weighted by Crippen LogP contribution is -2.16. The smallest absolute Gasteiger partial charge is 0.0454 e. The fraction of sp³-hybridized carbons (Fsp3) is 0.176. The summed E-state index contributed by atoms with van der Waals surface area (Å²) in [4.78, 5) is 3.20. The molecule has 2 nitrogen and oxygen atoms in total. The van der Waals surface area contributed by atoms with Crippen LogP contribution in [0.25, 0.3) is 10.9 Å². The number of H-pyrrole nitrogens is 1. The van der Waals surface area contributed by atoms with E-state index in [1.807, 2.05) is 18.3 Å². The Bertz CT molecular complexity index is 749. The molecule has 108 valence electrons. The predicted molar refractivity (Wildman–Crippen MR) is 90.2 cm³/mol. The van der Waals surface area contributed by atoms with E-state index in [1.54, 1.807) is 6.07 Å². The third-order valence-electron chi connectivity index (χ3n) is 3.53. The van der Waals surface area contributed by atoms with Gasteiger partial charge in [0, 0.05) is 28.3 Å². The van der Waals surface area contributed by atoms with Gasteiger partial charge in [0.15, 0.2) is 0 Å². The van der Waals surface area contributed by atoms with Crippen molar-refractivity contribution in [3.05, 3.63) is 69.8 Å². The van der Waals surface area contributed by atoms with Crippen molar-refractivity contribution in [1.82, 2.24) is 10.3 Å². The molecule has 3 rings (SSSR count). The first-order valence-electron chi connectivity index (χ1n) is 6.93. The maximum atomic E-state index is 6.16. The van der Waals surface area contributed by atoms with Crippen LogP contribution in [-0.4, -0.2) is 11.5 Å². The van der Waals surface area contributed by atoms with E-state index in [9.17, 15) is 0 Å². The SMILES string of the molecule is Clc1ccc(CCNCc2ccc3[nH]ccc3c2)c(Cl)c1. The molecule has 0 aliphatic rings. The number of hydrogen-bond acceptors (Lipinski definition) is 1. The fourth-order valence-electron chi connectivity index (χ4n) is 2.39. The monoisotopic (exact) mass is 318 g/mol. The van der Waals surface area contributed by atoms with Crippen molar-refractivity contribution >= 4 is 34.1 Å². The Morgan fingerprint density at radius 2 is 1.90 bits per heavy atom. The van der Waals surface area contributed by atoms with Gasteiger partial charge in [0.05, 0.1) is 0 Å². The van der Waals surface area contributed by atoms with Gasteiger partial charge in [-0.3, -0.25) is 0 Å². The van der Waals surface area contributed by atoms with Gasteiger partial charge in [0.25, 0.3) is 0 Å². The molecule has 2 aromatic carbocycles. The summed E-state index contributed by atoms with van der Waals surface area (Å²) in [6.07, 6.45) is 2.85. The summed E-state index contributed by atoms with van der Waals surface area (Å²) < 4.78 is 0. The lowest BCUT2D eigenvalue weighted by atomic mass is 10.1. The average molecular weight is 319 g/mol. The van der Waals surface area contributed by atoms with Crippen molar-refractivity contribution in [1.29, 1.82) is 0 Å². The van der Waals surface area contributed by atoms with Crippen LogP contribution in [0.4, 0.5) is 0 Å². The van der Waals surface area contributed by atoms with Crippen LogP contribution in [0.15, 0.2) is 48.7 Å². The van der Waals surface area contributed by atoms with Crippen LogP contribution in [0.2, 0.25) is 10.0 Å². The van der Waals surface area contributed by atoms with Crippen LogP contribution in [0.3, 0.4) is 0 Å². The van der Waals surface area contributed by atoms with Crippen molar-refractivity contribution < 1.29 is 0 Å². The maximum Gasteiger partial charge on any atom is 0.0454 e. The number of aromatic nitrogens is 1. The second kappa shape index (κ2) is 6.52. The van der Waals surface area contributed by atoms with Crippen molar-refractivity contribution in [2.45, 2.75) is 13.0 Å². The molecular weight excluding hydrogens is 303 g/mol. The molecule has 0 fully saturated rings. The Labute approximate surface area is 134 Å². The maximum absolute atomic E-state index is 6.16. The van der Waals surface area contributed by atoms with Gasteiger partial charge in [-0.15, -0.1) is 0 Å². The average Bonchev–Trinajstić information content (AvgIpc) is 2.93. The summed E-state index contributed by atoms with van der Waals surface area (Å²) in [5, 5.41) is 6.10. The first kappa shape index (κ1) is 14.5. The zero-order valence-electron chi connectivity index (χ0n) is 11.5. The second-order valence-corrected chi connectivity index (χ2v) is 5.91. The molecule has 0 amide bonds. The van der Waals surface area contributed by atoms with Gasteiger partial charge >= 0.3 is 0 Å². The summed E-state index contributed by atoms with van der Waals surface area (Å²) in [6.45, 7) is 1.73. The number of nitrogens with one attached hydrogen (secondary N) is 2. The van der Waals surface area contributed by atoms with E-state index in [1.165, 1.54) is 16.5 Å². The van der Waals surface area contributed by atoms with E-state index >= 15 is 0 Å². The van der Waals surface area contributed by atoms with Crippen LogP contribution in [0, 0.1) is 0 Å². The van der Waals surface area contributed by atoms with Crippen molar-refractivity contribution in [3.63, 3.8) is 0 Å². The van der Waals surface area contributed by atoms with Crippen LogP contribution >= 0.6 is 23.2 Å². The molecule has 1 heterocycles. The number of aromatic amines is 1. The minimum atomic E-state index is 0.677. The third kappa shape index (κ3) is 3.59. The standard InChI is InChI=1S/C17H16Cl2N2/c18-15-3-2-13(16(19)10-15)5-7-20-11-12-1-4-17-14(9-12)6-8-21-17/h1-4,6,8-10,20-21H,5,7,11H2. The third-order valence-corrected chi connectivity index (χ3v) is 4.12. The largest absolute Gasteiger partial charge is 0.361 e. The van der Waals surface area contributed by atoms with Gasteiger partial charge in [-0.25, -0.2) is 0 Å². The molecule has 0 saturated heterocycles. The first-order chi connectivity index (χ1) is 10.2. The van der Waals surface area contributed by atoms with Crippen molar-refractivity contribution in [3.8, 4) is 0 Å². The van der Waals surface area contributed by atoms with Gasteiger partial charge in [-0.2, -0.15) is 0 Å². The topological polar surface area (TPSA) is 27.8 Å². The molecule has 2 N–H and O–H groups in total. The van der Waals surface area contributed by atoms with Gasteiger partial charge in [-0.1, -0.05) is 35.3 Å². The molecule has 0 unspecified atom stereocenters. The van der Waals surface area contributed by atoms with Crippen molar-refractivity contribution in [2.75, 3.05) is 6.54 Å². The van der Waals surface area contributed by atoms with Crippen LogP contribution < -0.4 is 5.32 Å². The van der Waals surface area contributed by atoms with Gasteiger partial charge < -0.3 is 10.3 Å². The Kier molecular flexibility index (Phi) is 4.49. The van der Waals surface area contributed by atoms with Crippen LogP contribution in [0.1, 0.15) is 11.1 Å².